The fourth-order valence-electron chi connectivity index (χ4n) is 1.36. The predicted octanol–water partition coefficient (Wildman–Crippen LogP) is 1.66. The summed E-state index contributed by atoms with van der Waals surface area (Å²) in [5.41, 5.74) is 0.608. The number of nitrogens with one attached hydrogen (secondary N) is 1. The summed E-state index contributed by atoms with van der Waals surface area (Å²) in [6, 6.07) is 1.43. The summed E-state index contributed by atoms with van der Waals surface area (Å²) >= 11 is 0. The van der Waals surface area contributed by atoms with Crippen molar-refractivity contribution in [3.05, 3.63) is 27.9 Å². The summed E-state index contributed by atoms with van der Waals surface area (Å²) in [5.74, 6) is 0.245. The molecule has 0 amide bonds. The molecule has 0 aromatic carbocycles. The molecule has 0 fully saturated rings. The van der Waals surface area contributed by atoms with Crippen molar-refractivity contribution in [1.29, 1.82) is 0 Å². The molecule has 0 saturated carbocycles. The highest BCUT2D eigenvalue weighted by atomic mass is 16.6. The van der Waals surface area contributed by atoms with E-state index in [1.807, 2.05) is 0 Å². The van der Waals surface area contributed by atoms with E-state index in [1.165, 1.54) is 12.3 Å². The lowest BCUT2D eigenvalue weighted by atomic mass is 10.2. The summed E-state index contributed by atoms with van der Waals surface area (Å²) in [7, 11) is 0. The number of carbonyl (C=O) groups is 1. The van der Waals surface area contributed by atoms with Gasteiger partial charge in [0.1, 0.15) is 12.0 Å². The molecule has 7 nitrogen and oxygen atoms in total. The van der Waals surface area contributed by atoms with Crippen molar-refractivity contribution in [3.63, 3.8) is 0 Å². The molecular weight excluding hydrogens is 238 g/mol. The summed E-state index contributed by atoms with van der Waals surface area (Å²) in [4.78, 5) is 25.1. The van der Waals surface area contributed by atoms with Gasteiger partial charge in [-0.3, -0.25) is 14.9 Å². The van der Waals surface area contributed by atoms with E-state index in [0.29, 0.717) is 24.5 Å². The van der Waals surface area contributed by atoms with E-state index in [0.717, 1.165) is 0 Å². The number of ether oxygens (including phenoxy) is 1. The summed E-state index contributed by atoms with van der Waals surface area (Å²) in [6.45, 7) is 4.19. The second-order valence-electron chi connectivity index (χ2n) is 3.60. The molecule has 0 atom stereocenters. The van der Waals surface area contributed by atoms with Crippen molar-refractivity contribution in [1.82, 2.24) is 4.98 Å². The minimum Gasteiger partial charge on any atom is -0.466 e. The van der Waals surface area contributed by atoms with Crippen molar-refractivity contribution in [2.45, 2.75) is 20.3 Å². The van der Waals surface area contributed by atoms with Gasteiger partial charge in [-0.1, -0.05) is 0 Å². The molecule has 0 saturated heterocycles. The van der Waals surface area contributed by atoms with Crippen LogP contribution in [-0.2, 0) is 9.53 Å². The number of hydrogen-bond donors (Lipinski definition) is 1. The van der Waals surface area contributed by atoms with Gasteiger partial charge in [0.05, 0.1) is 18.0 Å². The van der Waals surface area contributed by atoms with E-state index in [9.17, 15) is 14.9 Å². The highest BCUT2D eigenvalue weighted by Gasteiger charge is 2.09. The Labute approximate surface area is 104 Å². The molecule has 0 aliphatic rings. The van der Waals surface area contributed by atoms with Gasteiger partial charge in [0.2, 0.25) is 0 Å². The van der Waals surface area contributed by atoms with Crippen molar-refractivity contribution in [2.24, 2.45) is 0 Å². The van der Waals surface area contributed by atoms with E-state index in [-0.39, 0.29) is 18.1 Å². The number of hydrogen-bond acceptors (Lipinski definition) is 6. The third kappa shape index (κ3) is 4.00. The quantitative estimate of drug-likeness (QED) is 0.470. The minimum absolute atomic E-state index is 0.0524. The zero-order valence-corrected chi connectivity index (χ0v) is 10.3. The third-order valence-electron chi connectivity index (χ3n) is 2.20. The zero-order chi connectivity index (χ0) is 13.5. The van der Waals surface area contributed by atoms with E-state index in [2.05, 4.69) is 10.3 Å². The standard InChI is InChI=1S/C11H15N3O4/c1-3-18-10(15)4-5-12-11-8(2)6-9(7-13-11)14(16)17/h6-7H,3-5H2,1-2H3,(H,12,13). The zero-order valence-electron chi connectivity index (χ0n) is 10.3. The first-order chi connectivity index (χ1) is 8.54. The first kappa shape index (κ1) is 13.9. The number of rotatable bonds is 6. The number of aromatic nitrogens is 1. The normalized spacial score (nSPS) is 9.89. The fraction of sp³-hybridized carbons (Fsp3) is 0.455. The van der Waals surface area contributed by atoms with Gasteiger partial charge >= 0.3 is 5.97 Å². The van der Waals surface area contributed by atoms with Crippen molar-refractivity contribution in [3.8, 4) is 0 Å². The van der Waals surface area contributed by atoms with E-state index >= 15 is 0 Å². The lowest BCUT2D eigenvalue weighted by Crippen LogP contribution is -2.12. The molecule has 1 aromatic rings. The van der Waals surface area contributed by atoms with Gasteiger partial charge in [0.25, 0.3) is 5.69 Å². The van der Waals surface area contributed by atoms with Gasteiger partial charge in [-0.15, -0.1) is 0 Å². The largest absolute Gasteiger partial charge is 0.466 e. The first-order valence-corrected chi connectivity index (χ1v) is 5.55. The Morgan fingerprint density at radius 1 is 1.61 bits per heavy atom. The van der Waals surface area contributed by atoms with Crippen molar-refractivity contribution < 1.29 is 14.5 Å². The van der Waals surface area contributed by atoms with Crippen LogP contribution in [0.1, 0.15) is 18.9 Å². The van der Waals surface area contributed by atoms with Crippen molar-refractivity contribution >= 4 is 17.5 Å². The molecule has 0 aliphatic carbocycles. The molecule has 0 unspecified atom stereocenters. The maximum Gasteiger partial charge on any atom is 0.307 e. The summed E-state index contributed by atoms with van der Waals surface area (Å²) in [5, 5.41) is 13.5. The average Bonchev–Trinajstić information content (AvgIpc) is 2.31. The number of nitro groups is 1. The van der Waals surface area contributed by atoms with Crippen LogP contribution in [0.15, 0.2) is 12.3 Å². The van der Waals surface area contributed by atoms with Gasteiger partial charge in [0, 0.05) is 12.6 Å². The number of carbonyl (C=O) groups excluding carboxylic acids is 1. The molecule has 1 N–H and O–H groups in total. The Morgan fingerprint density at radius 2 is 2.33 bits per heavy atom. The summed E-state index contributed by atoms with van der Waals surface area (Å²) in [6.07, 6.45) is 1.41. The van der Waals surface area contributed by atoms with Crippen LogP contribution in [0.4, 0.5) is 11.5 Å². The molecule has 98 valence electrons. The van der Waals surface area contributed by atoms with Crippen LogP contribution in [0.25, 0.3) is 0 Å². The van der Waals surface area contributed by atoms with Crippen LogP contribution in [0.3, 0.4) is 0 Å². The van der Waals surface area contributed by atoms with E-state index in [1.54, 1.807) is 13.8 Å². The molecule has 0 spiro atoms. The molecule has 0 bridgehead atoms. The molecule has 7 heteroatoms. The van der Waals surface area contributed by atoms with Gasteiger partial charge in [-0.05, 0) is 19.4 Å². The smallest absolute Gasteiger partial charge is 0.307 e. The molecular formula is C11H15N3O4. The highest BCUT2D eigenvalue weighted by molar-refractivity contribution is 5.70. The van der Waals surface area contributed by atoms with Gasteiger partial charge in [0.15, 0.2) is 0 Å². The molecule has 1 rings (SSSR count). The van der Waals surface area contributed by atoms with Gasteiger partial charge < -0.3 is 10.1 Å². The van der Waals surface area contributed by atoms with Crippen LogP contribution < -0.4 is 5.32 Å². The molecule has 18 heavy (non-hydrogen) atoms. The molecule has 1 aromatic heterocycles. The second kappa shape index (κ2) is 6.53. The highest BCUT2D eigenvalue weighted by Crippen LogP contribution is 2.17. The number of esters is 1. The van der Waals surface area contributed by atoms with Crippen molar-refractivity contribution in [2.75, 3.05) is 18.5 Å². The van der Waals surface area contributed by atoms with Crippen LogP contribution in [0.2, 0.25) is 0 Å². The first-order valence-electron chi connectivity index (χ1n) is 5.55. The number of nitrogens with zero attached hydrogens (tertiary/aromatic N) is 2. The Morgan fingerprint density at radius 3 is 2.89 bits per heavy atom. The monoisotopic (exact) mass is 253 g/mol. The topological polar surface area (TPSA) is 94.4 Å². The minimum atomic E-state index is -0.498. The predicted molar refractivity (Wildman–Crippen MR) is 65.4 cm³/mol. The molecule has 0 radical (unpaired) electrons. The lowest BCUT2D eigenvalue weighted by Gasteiger charge is -2.07. The fourth-order valence-corrected chi connectivity index (χ4v) is 1.36. The van der Waals surface area contributed by atoms with Crippen LogP contribution >= 0.6 is 0 Å². The maximum absolute atomic E-state index is 11.1. The number of pyridine rings is 1. The van der Waals surface area contributed by atoms with Gasteiger partial charge in [-0.2, -0.15) is 0 Å². The SMILES string of the molecule is CCOC(=O)CCNc1ncc([N+](=O)[O-])cc1C. The Balaban J connectivity index is 2.53. The Kier molecular flexibility index (Phi) is 5.04. The maximum atomic E-state index is 11.1. The number of anilines is 1. The lowest BCUT2D eigenvalue weighted by molar-refractivity contribution is -0.385. The Bertz CT molecular complexity index is 448. The summed E-state index contributed by atoms with van der Waals surface area (Å²) < 4.78 is 4.77. The molecule has 0 aliphatic heterocycles. The second-order valence-corrected chi connectivity index (χ2v) is 3.60. The average molecular weight is 253 g/mol. The van der Waals surface area contributed by atoms with Crippen LogP contribution in [-0.4, -0.2) is 29.0 Å². The van der Waals surface area contributed by atoms with Crippen LogP contribution in [0.5, 0.6) is 0 Å². The van der Waals surface area contributed by atoms with Gasteiger partial charge in [-0.25, -0.2) is 4.98 Å². The van der Waals surface area contributed by atoms with E-state index in [4.69, 9.17) is 4.74 Å². The third-order valence-corrected chi connectivity index (χ3v) is 2.20. The Hall–Kier alpha value is -2.18. The van der Waals surface area contributed by atoms with Crippen LogP contribution in [0, 0.1) is 17.0 Å². The number of aryl methyl sites for hydroxylation is 1. The molecule has 1 heterocycles. The van der Waals surface area contributed by atoms with E-state index < -0.39 is 4.92 Å².